The summed E-state index contributed by atoms with van der Waals surface area (Å²) >= 11 is 3.55. The highest BCUT2D eigenvalue weighted by molar-refractivity contribution is 9.09. The van der Waals surface area contributed by atoms with E-state index in [1.807, 2.05) is 7.11 Å². The molecular formula is C10H19BrO. The molecule has 0 aromatic rings. The standard InChI is InChI=1S/C10H19BrO/c1-3-9-4-6-10(8-11,12-2)7-5-9/h9H,3-8H2,1-2H3. The Kier molecular flexibility index (Phi) is 4.04. The van der Waals surface area contributed by atoms with Crippen LogP contribution in [0.5, 0.6) is 0 Å². The Hall–Kier alpha value is 0.440. The summed E-state index contributed by atoms with van der Waals surface area (Å²) in [7, 11) is 1.84. The van der Waals surface area contributed by atoms with Crippen molar-refractivity contribution in [1.82, 2.24) is 0 Å². The van der Waals surface area contributed by atoms with E-state index >= 15 is 0 Å². The number of hydrogen-bond donors (Lipinski definition) is 0. The molecule has 1 saturated carbocycles. The van der Waals surface area contributed by atoms with Crippen molar-refractivity contribution in [1.29, 1.82) is 0 Å². The quantitative estimate of drug-likeness (QED) is 0.681. The van der Waals surface area contributed by atoms with Gasteiger partial charge in [-0.2, -0.15) is 0 Å². The smallest absolute Gasteiger partial charge is 0.0775 e. The van der Waals surface area contributed by atoms with E-state index in [4.69, 9.17) is 4.74 Å². The largest absolute Gasteiger partial charge is 0.377 e. The lowest BCUT2D eigenvalue weighted by Gasteiger charge is -2.37. The molecule has 0 atom stereocenters. The molecule has 0 aliphatic heterocycles. The third-order valence-electron chi connectivity index (χ3n) is 3.27. The lowest BCUT2D eigenvalue weighted by Crippen LogP contribution is -2.37. The van der Waals surface area contributed by atoms with Gasteiger partial charge in [0.25, 0.3) is 0 Å². The molecule has 1 aliphatic rings. The zero-order valence-corrected chi connectivity index (χ0v) is 9.69. The van der Waals surface area contributed by atoms with Gasteiger partial charge in [0, 0.05) is 12.4 Å². The molecule has 2 heteroatoms. The number of halogens is 1. The van der Waals surface area contributed by atoms with Gasteiger partial charge in [-0.15, -0.1) is 0 Å². The van der Waals surface area contributed by atoms with E-state index in [9.17, 15) is 0 Å². The second-order valence-electron chi connectivity index (χ2n) is 3.87. The first-order valence-electron chi connectivity index (χ1n) is 4.87. The maximum Gasteiger partial charge on any atom is 0.0775 e. The molecule has 1 rings (SSSR count). The summed E-state index contributed by atoms with van der Waals surface area (Å²) in [6.07, 6.45) is 6.48. The fourth-order valence-corrected chi connectivity index (χ4v) is 2.79. The Morgan fingerprint density at radius 2 is 2.00 bits per heavy atom. The molecule has 0 bridgehead atoms. The Bertz CT molecular complexity index is 122. The van der Waals surface area contributed by atoms with Gasteiger partial charge in [-0.1, -0.05) is 29.3 Å². The highest BCUT2D eigenvalue weighted by Gasteiger charge is 2.33. The van der Waals surface area contributed by atoms with Gasteiger partial charge in [0.1, 0.15) is 0 Å². The van der Waals surface area contributed by atoms with Gasteiger partial charge in [0.15, 0.2) is 0 Å². The Morgan fingerprint density at radius 3 is 2.33 bits per heavy atom. The SMILES string of the molecule is CCC1CCC(CBr)(OC)CC1. The van der Waals surface area contributed by atoms with Gasteiger partial charge in [-0.05, 0) is 31.6 Å². The molecule has 12 heavy (non-hydrogen) atoms. The lowest BCUT2D eigenvalue weighted by atomic mass is 9.79. The number of ether oxygens (including phenoxy) is 1. The zero-order chi connectivity index (χ0) is 9.03. The van der Waals surface area contributed by atoms with E-state index in [-0.39, 0.29) is 5.60 Å². The van der Waals surface area contributed by atoms with Crippen LogP contribution < -0.4 is 0 Å². The van der Waals surface area contributed by atoms with Crippen LogP contribution in [-0.2, 0) is 4.74 Å². The van der Waals surface area contributed by atoms with E-state index in [2.05, 4.69) is 22.9 Å². The number of methoxy groups -OCH3 is 1. The minimum atomic E-state index is 0.158. The van der Waals surface area contributed by atoms with Crippen molar-refractivity contribution >= 4 is 15.9 Å². The van der Waals surface area contributed by atoms with Crippen LogP contribution in [0.25, 0.3) is 0 Å². The summed E-state index contributed by atoms with van der Waals surface area (Å²) in [5, 5.41) is 0.993. The zero-order valence-electron chi connectivity index (χ0n) is 8.11. The molecule has 0 aromatic heterocycles. The second kappa shape index (κ2) is 4.61. The van der Waals surface area contributed by atoms with E-state index in [1.165, 1.54) is 32.1 Å². The van der Waals surface area contributed by atoms with Crippen molar-refractivity contribution in [3.8, 4) is 0 Å². The average molecular weight is 235 g/mol. The van der Waals surface area contributed by atoms with Crippen LogP contribution >= 0.6 is 15.9 Å². The minimum absolute atomic E-state index is 0.158. The first kappa shape index (κ1) is 10.5. The molecule has 1 fully saturated rings. The molecule has 0 heterocycles. The van der Waals surface area contributed by atoms with Crippen molar-refractivity contribution in [2.24, 2.45) is 5.92 Å². The van der Waals surface area contributed by atoms with E-state index in [1.54, 1.807) is 0 Å². The molecule has 1 nitrogen and oxygen atoms in total. The van der Waals surface area contributed by atoms with Crippen LogP contribution in [0.1, 0.15) is 39.0 Å². The van der Waals surface area contributed by atoms with Crippen LogP contribution in [0.4, 0.5) is 0 Å². The molecular weight excluding hydrogens is 216 g/mol. The summed E-state index contributed by atoms with van der Waals surface area (Å²) in [6, 6.07) is 0. The molecule has 0 unspecified atom stereocenters. The van der Waals surface area contributed by atoms with Crippen LogP contribution in [-0.4, -0.2) is 18.0 Å². The summed E-state index contributed by atoms with van der Waals surface area (Å²) in [6.45, 7) is 2.29. The lowest BCUT2D eigenvalue weighted by molar-refractivity contribution is -0.0290. The second-order valence-corrected chi connectivity index (χ2v) is 4.43. The van der Waals surface area contributed by atoms with Crippen LogP contribution in [0.3, 0.4) is 0 Å². The molecule has 0 amide bonds. The molecule has 0 radical (unpaired) electrons. The highest BCUT2D eigenvalue weighted by atomic mass is 79.9. The van der Waals surface area contributed by atoms with E-state index < -0.39 is 0 Å². The van der Waals surface area contributed by atoms with Gasteiger partial charge >= 0.3 is 0 Å². The first-order chi connectivity index (χ1) is 5.76. The third kappa shape index (κ3) is 2.23. The number of hydrogen-bond acceptors (Lipinski definition) is 1. The summed E-state index contributed by atoms with van der Waals surface area (Å²) in [5.74, 6) is 0.951. The Morgan fingerprint density at radius 1 is 1.42 bits per heavy atom. The van der Waals surface area contributed by atoms with E-state index in [0.717, 1.165) is 11.2 Å². The number of alkyl halides is 1. The van der Waals surface area contributed by atoms with Gasteiger partial charge in [0.05, 0.1) is 5.60 Å². The summed E-state index contributed by atoms with van der Waals surface area (Å²) in [5.41, 5.74) is 0.158. The molecule has 0 N–H and O–H groups in total. The highest BCUT2D eigenvalue weighted by Crippen LogP contribution is 2.36. The monoisotopic (exact) mass is 234 g/mol. The number of rotatable bonds is 3. The maximum atomic E-state index is 5.57. The predicted molar refractivity (Wildman–Crippen MR) is 55.8 cm³/mol. The normalized spacial score (nSPS) is 36.8. The summed E-state index contributed by atoms with van der Waals surface area (Å²) < 4.78 is 5.57. The van der Waals surface area contributed by atoms with Crippen LogP contribution in [0.2, 0.25) is 0 Å². The van der Waals surface area contributed by atoms with Gasteiger partial charge in [-0.25, -0.2) is 0 Å². The van der Waals surface area contributed by atoms with Crippen molar-refractivity contribution in [3.05, 3.63) is 0 Å². The van der Waals surface area contributed by atoms with Crippen LogP contribution in [0, 0.1) is 5.92 Å². The Labute approximate surface area is 84.0 Å². The van der Waals surface area contributed by atoms with Gasteiger partial charge in [0.2, 0.25) is 0 Å². The average Bonchev–Trinajstić information content (AvgIpc) is 2.18. The molecule has 0 aromatic carbocycles. The van der Waals surface area contributed by atoms with E-state index in [0.29, 0.717) is 0 Å². The fraction of sp³-hybridized carbons (Fsp3) is 1.00. The minimum Gasteiger partial charge on any atom is -0.377 e. The summed E-state index contributed by atoms with van der Waals surface area (Å²) in [4.78, 5) is 0. The van der Waals surface area contributed by atoms with Crippen molar-refractivity contribution in [2.75, 3.05) is 12.4 Å². The Balaban J connectivity index is 2.42. The molecule has 72 valence electrons. The van der Waals surface area contributed by atoms with Crippen molar-refractivity contribution in [3.63, 3.8) is 0 Å². The maximum absolute atomic E-state index is 5.57. The van der Waals surface area contributed by atoms with Crippen molar-refractivity contribution < 1.29 is 4.74 Å². The van der Waals surface area contributed by atoms with Crippen LogP contribution in [0.15, 0.2) is 0 Å². The molecule has 1 aliphatic carbocycles. The van der Waals surface area contributed by atoms with Gasteiger partial charge in [-0.3, -0.25) is 0 Å². The third-order valence-corrected chi connectivity index (χ3v) is 4.29. The molecule has 0 saturated heterocycles. The topological polar surface area (TPSA) is 9.23 Å². The first-order valence-corrected chi connectivity index (χ1v) is 5.99. The predicted octanol–water partition coefficient (Wildman–Crippen LogP) is 3.37. The van der Waals surface area contributed by atoms with Crippen molar-refractivity contribution in [2.45, 2.75) is 44.6 Å². The van der Waals surface area contributed by atoms with Gasteiger partial charge < -0.3 is 4.74 Å². The fourth-order valence-electron chi connectivity index (χ4n) is 2.00. The molecule has 0 spiro atoms.